The van der Waals surface area contributed by atoms with Gasteiger partial charge in [-0.25, -0.2) is 4.99 Å². The molecule has 2 N–H and O–H groups in total. The maximum atomic E-state index is 11.5. The molecule has 5 nitrogen and oxygen atoms in total. The number of imide groups is 1. The van der Waals surface area contributed by atoms with E-state index in [9.17, 15) is 9.59 Å². The number of hydrogen-bond acceptors (Lipinski definition) is 4. The molecule has 0 atom stereocenters. The molecule has 94 valence electrons. The molecule has 1 rings (SSSR count). The van der Waals surface area contributed by atoms with Crippen molar-refractivity contribution in [3.05, 3.63) is 23.0 Å². The van der Waals surface area contributed by atoms with E-state index in [1.165, 1.54) is 6.21 Å². The molecule has 0 aromatic heterocycles. The van der Waals surface area contributed by atoms with E-state index in [4.69, 9.17) is 13.7 Å². The Morgan fingerprint density at radius 2 is 1.89 bits per heavy atom. The minimum Gasteiger partial charge on any atom is -0.392 e. The third-order valence-electron chi connectivity index (χ3n) is 2.84. The molecule has 0 saturated carbocycles. The first kappa shape index (κ1) is 14.2. The fourth-order valence-corrected chi connectivity index (χ4v) is 1.15. The van der Waals surface area contributed by atoms with E-state index < -0.39 is 11.8 Å². The van der Waals surface area contributed by atoms with Gasteiger partial charge in [-0.15, -0.1) is 0 Å². The maximum Gasteiger partial charge on any atom is 0.268 e. The standard InChI is InChI=1S/C12H16BN3O2/c1-7(12(2,3)4)5-6-15-9-8(14)10(17)16(13)11(9)18/h5-6H,14H2,1-4H3/b7-5+,15-6?. The van der Waals surface area contributed by atoms with E-state index >= 15 is 0 Å². The molecule has 6 heteroatoms. The van der Waals surface area contributed by atoms with Gasteiger partial charge in [0.1, 0.15) is 5.70 Å². The maximum absolute atomic E-state index is 11.5. The quantitative estimate of drug-likeness (QED) is 0.441. The highest BCUT2D eigenvalue weighted by atomic mass is 16.2. The van der Waals surface area contributed by atoms with Gasteiger partial charge in [-0.1, -0.05) is 26.3 Å². The van der Waals surface area contributed by atoms with Crippen molar-refractivity contribution in [2.45, 2.75) is 27.7 Å². The second-order valence-electron chi connectivity index (χ2n) is 5.12. The van der Waals surface area contributed by atoms with E-state index in [0.717, 1.165) is 5.57 Å². The van der Waals surface area contributed by atoms with Crippen molar-refractivity contribution in [1.82, 2.24) is 4.81 Å². The van der Waals surface area contributed by atoms with Crippen LogP contribution in [0.1, 0.15) is 27.7 Å². The summed E-state index contributed by atoms with van der Waals surface area (Å²) in [7, 11) is 5.23. The van der Waals surface area contributed by atoms with E-state index in [1.807, 2.05) is 6.92 Å². The molecule has 0 bridgehead atoms. The minimum absolute atomic E-state index is 0.0152. The van der Waals surface area contributed by atoms with Crippen molar-refractivity contribution in [3.63, 3.8) is 0 Å². The Balaban J connectivity index is 2.94. The number of amides is 2. The molecular weight excluding hydrogens is 229 g/mol. The highest BCUT2D eigenvalue weighted by Crippen LogP contribution is 2.23. The average molecular weight is 245 g/mol. The Kier molecular flexibility index (Phi) is 3.79. The Morgan fingerprint density at radius 3 is 2.28 bits per heavy atom. The number of nitrogens with two attached hydrogens (primary N) is 1. The normalized spacial score (nSPS) is 18.4. The molecule has 0 saturated heterocycles. The Hall–Kier alpha value is -1.85. The average Bonchev–Trinajstić information content (AvgIpc) is 2.45. The lowest BCUT2D eigenvalue weighted by atomic mass is 9.88. The molecular formula is C12H16BN3O2. The van der Waals surface area contributed by atoms with Gasteiger partial charge in [0.15, 0.2) is 5.70 Å². The Bertz CT molecular complexity index is 484. The first-order valence-corrected chi connectivity index (χ1v) is 5.51. The van der Waals surface area contributed by atoms with Crippen molar-refractivity contribution in [2.75, 3.05) is 0 Å². The number of carbonyl (C=O) groups is 2. The Labute approximate surface area is 108 Å². The van der Waals surface area contributed by atoms with Gasteiger partial charge in [0.2, 0.25) is 7.98 Å². The molecule has 2 amide bonds. The second-order valence-corrected chi connectivity index (χ2v) is 5.12. The van der Waals surface area contributed by atoms with Crippen LogP contribution in [0.15, 0.2) is 28.0 Å². The van der Waals surface area contributed by atoms with Crippen molar-refractivity contribution < 1.29 is 9.59 Å². The summed E-state index contributed by atoms with van der Waals surface area (Å²) < 4.78 is 0. The molecule has 0 aromatic carbocycles. The predicted octanol–water partition coefficient (Wildman–Crippen LogP) is 0.672. The number of nitrogens with zero attached hydrogens (tertiary/aromatic N) is 2. The topological polar surface area (TPSA) is 75.8 Å². The van der Waals surface area contributed by atoms with Gasteiger partial charge in [-0.3, -0.25) is 9.59 Å². The van der Waals surface area contributed by atoms with Crippen LogP contribution in [0.4, 0.5) is 0 Å². The van der Waals surface area contributed by atoms with Gasteiger partial charge in [0.05, 0.1) is 0 Å². The first-order chi connectivity index (χ1) is 8.16. The van der Waals surface area contributed by atoms with Crippen LogP contribution in [0.2, 0.25) is 0 Å². The summed E-state index contributed by atoms with van der Waals surface area (Å²) in [5, 5.41) is 0. The lowest BCUT2D eigenvalue weighted by molar-refractivity contribution is -0.131. The van der Waals surface area contributed by atoms with E-state index in [-0.39, 0.29) is 16.8 Å². The van der Waals surface area contributed by atoms with Gasteiger partial charge < -0.3 is 10.5 Å². The summed E-state index contributed by atoms with van der Waals surface area (Å²) in [4.78, 5) is 27.2. The SMILES string of the molecule is [B]N1C(=O)C(N)=C(N=C/C=C(\C)C(C)(C)C)C1=O. The van der Waals surface area contributed by atoms with Crippen molar-refractivity contribution >= 4 is 26.0 Å². The fourth-order valence-electron chi connectivity index (χ4n) is 1.15. The molecule has 0 unspecified atom stereocenters. The fraction of sp³-hybridized carbons (Fsp3) is 0.417. The Morgan fingerprint density at radius 1 is 1.33 bits per heavy atom. The highest BCUT2D eigenvalue weighted by Gasteiger charge is 2.33. The third-order valence-corrected chi connectivity index (χ3v) is 2.84. The van der Waals surface area contributed by atoms with Crippen molar-refractivity contribution in [3.8, 4) is 0 Å². The van der Waals surface area contributed by atoms with Crippen LogP contribution in [-0.4, -0.2) is 30.8 Å². The lowest BCUT2D eigenvalue weighted by Crippen LogP contribution is -2.29. The van der Waals surface area contributed by atoms with Crippen molar-refractivity contribution in [1.29, 1.82) is 0 Å². The van der Waals surface area contributed by atoms with E-state index in [0.29, 0.717) is 4.81 Å². The van der Waals surface area contributed by atoms with Gasteiger partial charge in [-0.05, 0) is 18.4 Å². The van der Waals surface area contributed by atoms with E-state index in [1.54, 1.807) is 6.08 Å². The monoisotopic (exact) mass is 245 g/mol. The molecule has 0 aliphatic carbocycles. The molecule has 0 aromatic rings. The molecule has 0 fully saturated rings. The molecule has 1 aliphatic heterocycles. The van der Waals surface area contributed by atoms with E-state index in [2.05, 4.69) is 25.8 Å². The second kappa shape index (κ2) is 4.80. The number of allylic oxidation sites excluding steroid dienone is 2. The summed E-state index contributed by atoms with van der Waals surface area (Å²) in [5.74, 6) is -1.40. The largest absolute Gasteiger partial charge is 0.392 e. The summed E-state index contributed by atoms with van der Waals surface area (Å²) in [6.07, 6.45) is 3.23. The van der Waals surface area contributed by atoms with Crippen LogP contribution in [0, 0.1) is 5.41 Å². The summed E-state index contributed by atoms with van der Waals surface area (Å²) in [6, 6.07) is 0. The zero-order valence-electron chi connectivity index (χ0n) is 11.0. The molecule has 1 aliphatic rings. The van der Waals surface area contributed by atoms with Crippen LogP contribution >= 0.6 is 0 Å². The zero-order chi connectivity index (χ0) is 14.1. The van der Waals surface area contributed by atoms with Gasteiger partial charge in [0.25, 0.3) is 11.8 Å². The molecule has 0 spiro atoms. The number of rotatable bonds is 2. The smallest absolute Gasteiger partial charge is 0.268 e. The molecule has 18 heavy (non-hydrogen) atoms. The summed E-state index contributed by atoms with van der Waals surface area (Å²) in [6.45, 7) is 8.14. The van der Waals surface area contributed by atoms with Crippen LogP contribution in [0.5, 0.6) is 0 Å². The number of carbonyl (C=O) groups excluding carboxylic acids is 2. The van der Waals surface area contributed by atoms with Gasteiger partial charge >= 0.3 is 0 Å². The van der Waals surface area contributed by atoms with Crippen molar-refractivity contribution in [2.24, 2.45) is 16.1 Å². The summed E-state index contributed by atoms with van der Waals surface area (Å²) >= 11 is 0. The predicted molar refractivity (Wildman–Crippen MR) is 70.5 cm³/mol. The number of aliphatic imine (C=N–C) groups is 1. The molecule has 1 heterocycles. The van der Waals surface area contributed by atoms with Crippen LogP contribution in [0.3, 0.4) is 0 Å². The first-order valence-electron chi connectivity index (χ1n) is 5.51. The van der Waals surface area contributed by atoms with Crippen LogP contribution in [0.25, 0.3) is 0 Å². The van der Waals surface area contributed by atoms with Crippen LogP contribution < -0.4 is 5.73 Å². The molecule has 2 radical (unpaired) electrons. The third kappa shape index (κ3) is 2.69. The minimum atomic E-state index is -0.719. The number of hydrogen-bond donors (Lipinski definition) is 1. The van der Waals surface area contributed by atoms with Gasteiger partial charge in [-0.2, -0.15) is 0 Å². The highest BCUT2D eigenvalue weighted by molar-refractivity contribution is 6.35. The lowest BCUT2D eigenvalue weighted by Gasteiger charge is -2.18. The van der Waals surface area contributed by atoms with Crippen LogP contribution in [-0.2, 0) is 9.59 Å². The summed E-state index contributed by atoms with van der Waals surface area (Å²) in [5.41, 5.74) is 6.23. The zero-order valence-corrected chi connectivity index (χ0v) is 11.0. The van der Waals surface area contributed by atoms with Gasteiger partial charge in [0, 0.05) is 6.21 Å².